The lowest BCUT2D eigenvalue weighted by molar-refractivity contribution is 0.569. The molecule has 0 aromatic carbocycles. The van der Waals surface area contributed by atoms with Crippen molar-refractivity contribution in [2.24, 2.45) is 0 Å². The van der Waals surface area contributed by atoms with Crippen molar-refractivity contribution in [3.8, 4) is 5.82 Å². The molecule has 0 saturated heterocycles. The van der Waals surface area contributed by atoms with Crippen molar-refractivity contribution in [2.75, 3.05) is 5.73 Å². The van der Waals surface area contributed by atoms with Crippen LogP contribution in [0.4, 0.5) is 14.6 Å². The number of nitrogens with two attached hydrogens (primary N) is 1. The maximum absolute atomic E-state index is 13.2. The highest BCUT2D eigenvalue weighted by molar-refractivity contribution is 5.38. The number of anilines is 1. The Labute approximate surface area is 78.0 Å². The van der Waals surface area contributed by atoms with Crippen LogP contribution in [-0.4, -0.2) is 14.5 Å². The summed E-state index contributed by atoms with van der Waals surface area (Å²) in [6.07, 6.45) is 4.30. The van der Waals surface area contributed by atoms with Gasteiger partial charge >= 0.3 is 0 Å². The molecule has 2 rings (SSSR count). The second kappa shape index (κ2) is 3.06. The van der Waals surface area contributed by atoms with Gasteiger partial charge in [-0.2, -0.15) is 0 Å². The quantitative estimate of drug-likeness (QED) is 0.743. The first-order valence-electron chi connectivity index (χ1n) is 3.78. The maximum atomic E-state index is 13.2. The van der Waals surface area contributed by atoms with Gasteiger partial charge in [0, 0.05) is 18.5 Å². The van der Waals surface area contributed by atoms with Crippen LogP contribution in [0.1, 0.15) is 0 Å². The Morgan fingerprint density at radius 2 is 2.07 bits per heavy atom. The number of pyridine rings is 1. The average Bonchev–Trinajstić information content (AvgIpc) is 2.64. The highest BCUT2D eigenvalue weighted by Gasteiger charge is 2.10. The Morgan fingerprint density at radius 3 is 2.71 bits per heavy atom. The van der Waals surface area contributed by atoms with Gasteiger partial charge in [-0.3, -0.25) is 4.57 Å². The lowest BCUT2D eigenvalue weighted by Crippen LogP contribution is -2.04. The van der Waals surface area contributed by atoms with Gasteiger partial charge < -0.3 is 5.73 Å². The summed E-state index contributed by atoms with van der Waals surface area (Å²) in [7, 11) is 0. The van der Waals surface area contributed by atoms with Crippen molar-refractivity contribution >= 4 is 5.82 Å². The molecule has 0 spiro atoms. The molecular weight excluding hydrogens is 190 g/mol. The van der Waals surface area contributed by atoms with Crippen LogP contribution in [0.3, 0.4) is 0 Å². The molecule has 0 aliphatic rings. The molecule has 0 unspecified atom stereocenters. The molecule has 0 aliphatic carbocycles. The Morgan fingerprint density at radius 1 is 1.29 bits per heavy atom. The molecule has 2 N–H and O–H groups in total. The summed E-state index contributed by atoms with van der Waals surface area (Å²) < 4.78 is 27.2. The van der Waals surface area contributed by atoms with Gasteiger partial charge in [-0.1, -0.05) is 0 Å². The van der Waals surface area contributed by atoms with E-state index in [0.717, 1.165) is 0 Å². The van der Waals surface area contributed by atoms with E-state index >= 15 is 0 Å². The topological polar surface area (TPSA) is 56.7 Å². The third-order valence-corrected chi connectivity index (χ3v) is 1.69. The molecule has 2 aromatic heterocycles. The Balaban J connectivity index is 2.60. The van der Waals surface area contributed by atoms with Crippen LogP contribution in [-0.2, 0) is 0 Å². The van der Waals surface area contributed by atoms with E-state index in [4.69, 9.17) is 5.73 Å². The van der Waals surface area contributed by atoms with Crippen molar-refractivity contribution in [1.29, 1.82) is 0 Å². The fourth-order valence-electron chi connectivity index (χ4n) is 1.04. The van der Waals surface area contributed by atoms with Gasteiger partial charge in [-0.05, 0) is 0 Å². The lowest BCUT2D eigenvalue weighted by atomic mass is 10.4. The molecule has 0 radical (unpaired) electrons. The predicted octanol–water partition coefficient (Wildman–Crippen LogP) is 1.13. The first-order chi connectivity index (χ1) is 6.68. The molecule has 72 valence electrons. The number of aromatic nitrogens is 3. The van der Waals surface area contributed by atoms with Crippen LogP contribution in [0.2, 0.25) is 0 Å². The largest absolute Gasteiger partial charge is 0.381 e. The molecule has 0 amide bonds. The van der Waals surface area contributed by atoms with E-state index in [-0.39, 0.29) is 11.6 Å². The molecule has 14 heavy (non-hydrogen) atoms. The lowest BCUT2D eigenvalue weighted by Gasteiger charge is -2.04. The van der Waals surface area contributed by atoms with Gasteiger partial charge in [-0.25, -0.2) is 18.7 Å². The monoisotopic (exact) mass is 196 g/mol. The molecular formula is C8H6F2N4. The highest BCUT2D eigenvalue weighted by atomic mass is 19.1. The second-order valence-corrected chi connectivity index (χ2v) is 2.63. The summed E-state index contributed by atoms with van der Waals surface area (Å²) in [5.41, 5.74) is 5.21. The van der Waals surface area contributed by atoms with Gasteiger partial charge in [0.25, 0.3) is 0 Å². The number of hydrogen-bond donors (Lipinski definition) is 1. The van der Waals surface area contributed by atoms with Crippen molar-refractivity contribution in [3.63, 3.8) is 0 Å². The van der Waals surface area contributed by atoms with Crippen LogP contribution in [0.15, 0.2) is 24.8 Å². The third-order valence-electron chi connectivity index (χ3n) is 1.69. The van der Waals surface area contributed by atoms with Crippen LogP contribution < -0.4 is 5.73 Å². The fraction of sp³-hybridized carbons (Fsp3) is 0. The van der Waals surface area contributed by atoms with Gasteiger partial charge in [0.15, 0.2) is 23.3 Å². The number of nitrogen functional groups attached to an aromatic ring is 1. The van der Waals surface area contributed by atoms with Gasteiger partial charge in [0.1, 0.15) is 6.33 Å². The molecule has 4 nitrogen and oxygen atoms in total. The Bertz CT molecular complexity index is 453. The summed E-state index contributed by atoms with van der Waals surface area (Å²) in [5.74, 6) is -2.06. The molecule has 0 saturated carbocycles. The minimum atomic E-state index is -0.869. The van der Waals surface area contributed by atoms with Gasteiger partial charge in [-0.15, -0.1) is 0 Å². The Kier molecular flexibility index (Phi) is 1.88. The standard InChI is InChI=1S/C8H6F2N4/c9-5-3-6(10)8(13-7(5)11)14-2-1-12-4-14/h1-4H,(H2,11,13). The fourth-order valence-corrected chi connectivity index (χ4v) is 1.04. The van der Waals surface area contributed by atoms with Gasteiger partial charge in [0.05, 0.1) is 0 Å². The molecule has 0 atom stereocenters. The third kappa shape index (κ3) is 1.30. The Hall–Kier alpha value is -1.98. The van der Waals surface area contributed by atoms with Crippen LogP contribution >= 0.6 is 0 Å². The van der Waals surface area contributed by atoms with E-state index in [1.807, 2.05) is 0 Å². The summed E-state index contributed by atoms with van der Waals surface area (Å²) in [6, 6.07) is 0.692. The average molecular weight is 196 g/mol. The van der Waals surface area contributed by atoms with E-state index in [1.165, 1.54) is 23.3 Å². The zero-order valence-corrected chi connectivity index (χ0v) is 6.98. The van der Waals surface area contributed by atoms with E-state index in [2.05, 4.69) is 9.97 Å². The molecule has 2 aromatic rings. The first-order valence-corrected chi connectivity index (χ1v) is 3.78. The molecule has 0 fully saturated rings. The summed E-state index contributed by atoms with van der Waals surface area (Å²) in [6.45, 7) is 0. The number of halogens is 2. The summed E-state index contributed by atoms with van der Waals surface area (Å²) >= 11 is 0. The second-order valence-electron chi connectivity index (χ2n) is 2.63. The molecule has 6 heteroatoms. The molecule has 0 bridgehead atoms. The molecule has 0 aliphatic heterocycles. The van der Waals surface area contributed by atoms with Crippen LogP contribution in [0.5, 0.6) is 0 Å². The predicted molar refractivity (Wildman–Crippen MR) is 45.7 cm³/mol. The van der Waals surface area contributed by atoms with E-state index in [1.54, 1.807) is 0 Å². The summed E-state index contributed by atoms with van der Waals surface area (Å²) in [5, 5.41) is 0. The normalized spacial score (nSPS) is 10.4. The zero-order valence-electron chi connectivity index (χ0n) is 6.98. The maximum Gasteiger partial charge on any atom is 0.176 e. The minimum absolute atomic E-state index is 0.0681. The van der Waals surface area contributed by atoms with Crippen molar-refractivity contribution in [3.05, 3.63) is 36.4 Å². The number of nitrogens with zero attached hydrogens (tertiary/aromatic N) is 3. The van der Waals surface area contributed by atoms with Crippen molar-refractivity contribution < 1.29 is 8.78 Å². The van der Waals surface area contributed by atoms with E-state index in [0.29, 0.717) is 6.07 Å². The summed E-state index contributed by atoms with van der Waals surface area (Å²) in [4.78, 5) is 7.28. The van der Waals surface area contributed by atoms with Gasteiger partial charge in [0.2, 0.25) is 0 Å². The van der Waals surface area contributed by atoms with Crippen molar-refractivity contribution in [1.82, 2.24) is 14.5 Å². The number of rotatable bonds is 1. The van der Waals surface area contributed by atoms with Crippen molar-refractivity contribution in [2.45, 2.75) is 0 Å². The smallest absolute Gasteiger partial charge is 0.176 e. The highest BCUT2D eigenvalue weighted by Crippen LogP contribution is 2.15. The van der Waals surface area contributed by atoms with Crippen LogP contribution in [0, 0.1) is 11.6 Å². The number of hydrogen-bond acceptors (Lipinski definition) is 3. The first kappa shape index (κ1) is 8.61. The zero-order chi connectivity index (χ0) is 10.1. The van der Waals surface area contributed by atoms with Crippen LogP contribution in [0.25, 0.3) is 5.82 Å². The van der Waals surface area contributed by atoms with E-state index in [9.17, 15) is 8.78 Å². The van der Waals surface area contributed by atoms with E-state index < -0.39 is 11.6 Å². The molecule has 2 heterocycles. The minimum Gasteiger partial charge on any atom is -0.381 e. The number of imidazole rings is 1. The SMILES string of the molecule is Nc1nc(-n2ccnc2)c(F)cc1F.